The minimum atomic E-state index is -0.868. The highest BCUT2D eigenvalue weighted by Crippen LogP contribution is 2.42. The molecule has 1 saturated heterocycles. The molecule has 3 nitrogen and oxygen atoms in total. The number of halogens is 2. The highest BCUT2D eigenvalue weighted by Gasteiger charge is 2.44. The molecule has 1 aliphatic heterocycles. The Labute approximate surface area is 134 Å². The first kappa shape index (κ1) is 14.7. The average Bonchev–Trinajstić information content (AvgIpc) is 2.85. The van der Waals surface area contributed by atoms with Crippen molar-refractivity contribution in [3.8, 4) is 0 Å². The van der Waals surface area contributed by atoms with Crippen molar-refractivity contribution in [2.45, 2.75) is 18.8 Å². The van der Waals surface area contributed by atoms with Gasteiger partial charge in [-0.1, -0.05) is 41.4 Å². The van der Waals surface area contributed by atoms with E-state index in [2.05, 4.69) is 5.32 Å². The topological polar surface area (TPSA) is 47.3 Å². The molecule has 2 atom stereocenters. The first-order valence-corrected chi connectivity index (χ1v) is 7.52. The Morgan fingerprint density at radius 2 is 1.95 bits per heavy atom. The van der Waals surface area contributed by atoms with Crippen molar-refractivity contribution in [1.82, 2.24) is 5.32 Å². The van der Waals surface area contributed by atoms with Crippen LogP contribution in [0, 0.1) is 0 Å². The highest BCUT2D eigenvalue weighted by molar-refractivity contribution is 6.31. The summed E-state index contributed by atoms with van der Waals surface area (Å²) >= 11 is 12.5. The normalized spacial score (nSPS) is 25.2. The number of nitrogen functional groups attached to an aromatic ring is 1. The average molecular weight is 323 g/mol. The second-order valence-electron chi connectivity index (χ2n) is 5.20. The number of nitrogens with one attached hydrogen (secondary N) is 1. The second kappa shape index (κ2) is 5.50. The van der Waals surface area contributed by atoms with Gasteiger partial charge in [0.15, 0.2) is 5.72 Å². The summed E-state index contributed by atoms with van der Waals surface area (Å²) in [6.07, 6.45) is 0.0413. The van der Waals surface area contributed by atoms with Crippen LogP contribution in [-0.2, 0) is 10.5 Å². The molecule has 1 aliphatic rings. The van der Waals surface area contributed by atoms with E-state index in [4.69, 9.17) is 33.7 Å². The summed E-state index contributed by atoms with van der Waals surface area (Å²) in [5, 5.41) is 4.65. The number of nitrogens with two attached hydrogens (primary N) is 1. The number of anilines is 1. The van der Waals surface area contributed by atoms with E-state index >= 15 is 0 Å². The lowest BCUT2D eigenvalue weighted by Gasteiger charge is -2.32. The molecule has 2 aromatic rings. The van der Waals surface area contributed by atoms with Crippen molar-refractivity contribution in [3.63, 3.8) is 0 Å². The molecule has 0 saturated carbocycles. The molecule has 2 unspecified atom stereocenters. The minimum Gasteiger partial charge on any atom is -0.398 e. The monoisotopic (exact) mass is 322 g/mol. The summed E-state index contributed by atoms with van der Waals surface area (Å²) in [6, 6.07) is 13.0. The Morgan fingerprint density at radius 3 is 2.62 bits per heavy atom. The maximum atomic E-state index is 6.39. The molecule has 0 spiro atoms. The van der Waals surface area contributed by atoms with Crippen LogP contribution in [0.5, 0.6) is 0 Å². The smallest absolute Gasteiger partial charge is 0.175 e. The number of hydrogen-bond donors (Lipinski definition) is 2. The zero-order chi connectivity index (χ0) is 15.0. The molecule has 0 amide bonds. The fourth-order valence-electron chi connectivity index (χ4n) is 2.72. The van der Waals surface area contributed by atoms with Gasteiger partial charge in [-0.2, -0.15) is 0 Å². The lowest BCUT2D eigenvalue weighted by molar-refractivity contribution is -0.0163. The molecule has 1 heterocycles. The van der Waals surface area contributed by atoms with Gasteiger partial charge in [0.2, 0.25) is 0 Å². The van der Waals surface area contributed by atoms with Crippen molar-refractivity contribution < 1.29 is 4.74 Å². The van der Waals surface area contributed by atoms with Gasteiger partial charge in [-0.3, -0.25) is 5.32 Å². The Morgan fingerprint density at radius 1 is 1.19 bits per heavy atom. The third-order valence-corrected chi connectivity index (χ3v) is 4.23. The summed E-state index contributed by atoms with van der Waals surface area (Å²) in [5.41, 5.74) is 7.53. The Hall–Kier alpha value is -1.26. The van der Waals surface area contributed by atoms with E-state index < -0.39 is 5.72 Å². The molecular formula is C16H16Cl2N2O. The maximum Gasteiger partial charge on any atom is 0.175 e. The van der Waals surface area contributed by atoms with Crippen LogP contribution in [0.2, 0.25) is 10.0 Å². The molecule has 0 aromatic heterocycles. The largest absolute Gasteiger partial charge is 0.398 e. The van der Waals surface area contributed by atoms with Gasteiger partial charge in [0, 0.05) is 33.4 Å². The second-order valence-corrected chi connectivity index (χ2v) is 6.05. The van der Waals surface area contributed by atoms with Crippen LogP contribution in [0.15, 0.2) is 42.5 Å². The minimum absolute atomic E-state index is 0.0413. The highest BCUT2D eigenvalue weighted by atomic mass is 35.5. The van der Waals surface area contributed by atoms with E-state index in [1.165, 1.54) is 0 Å². The van der Waals surface area contributed by atoms with Gasteiger partial charge in [-0.15, -0.1) is 0 Å². The van der Waals surface area contributed by atoms with E-state index in [1.807, 2.05) is 37.3 Å². The van der Waals surface area contributed by atoms with Gasteiger partial charge in [0.1, 0.15) is 0 Å². The summed E-state index contributed by atoms with van der Waals surface area (Å²) in [4.78, 5) is 0. The summed E-state index contributed by atoms with van der Waals surface area (Å²) in [7, 11) is 0. The quantitative estimate of drug-likeness (QED) is 0.827. The van der Waals surface area contributed by atoms with Gasteiger partial charge in [-0.25, -0.2) is 0 Å². The van der Waals surface area contributed by atoms with Gasteiger partial charge in [-0.05, 0) is 31.2 Å². The third kappa shape index (κ3) is 2.51. The van der Waals surface area contributed by atoms with Crippen molar-refractivity contribution >= 4 is 28.9 Å². The van der Waals surface area contributed by atoms with E-state index in [0.29, 0.717) is 22.3 Å². The molecule has 110 valence electrons. The van der Waals surface area contributed by atoms with Crippen LogP contribution < -0.4 is 11.1 Å². The number of rotatable bonds is 2. The Balaban J connectivity index is 2.24. The van der Waals surface area contributed by atoms with Gasteiger partial charge in [0.25, 0.3) is 0 Å². The van der Waals surface area contributed by atoms with Crippen molar-refractivity contribution in [2.75, 3.05) is 12.3 Å². The fourth-order valence-corrected chi connectivity index (χ4v) is 3.16. The molecule has 3 N–H and O–H groups in total. The van der Waals surface area contributed by atoms with E-state index in [-0.39, 0.29) is 6.10 Å². The number of hydrogen-bond acceptors (Lipinski definition) is 3. The first-order chi connectivity index (χ1) is 10.0. The Kier molecular flexibility index (Phi) is 3.84. The SMILES string of the molecule is CC1CNC(c2cc(Cl)ccc2N)(c2ccccc2Cl)O1. The zero-order valence-corrected chi connectivity index (χ0v) is 13.1. The van der Waals surface area contributed by atoms with Gasteiger partial charge < -0.3 is 10.5 Å². The molecule has 3 rings (SSSR count). The molecule has 1 fully saturated rings. The summed E-state index contributed by atoms with van der Waals surface area (Å²) in [6.45, 7) is 2.71. The van der Waals surface area contributed by atoms with Crippen LogP contribution in [0.25, 0.3) is 0 Å². The van der Waals surface area contributed by atoms with Crippen LogP contribution in [-0.4, -0.2) is 12.6 Å². The zero-order valence-electron chi connectivity index (χ0n) is 11.6. The van der Waals surface area contributed by atoms with E-state index in [1.54, 1.807) is 12.1 Å². The van der Waals surface area contributed by atoms with Crippen molar-refractivity contribution in [2.24, 2.45) is 0 Å². The predicted octanol–water partition coefficient (Wildman–Crippen LogP) is 3.79. The van der Waals surface area contributed by atoms with Gasteiger partial charge in [0.05, 0.1) is 6.10 Å². The van der Waals surface area contributed by atoms with Gasteiger partial charge >= 0.3 is 0 Å². The lowest BCUT2D eigenvalue weighted by Crippen LogP contribution is -2.40. The fraction of sp³-hybridized carbons (Fsp3) is 0.250. The van der Waals surface area contributed by atoms with Crippen LogP contribution in [0.1, 0.15) is 18.1 Å². The molecule has 0 radical (unpaired) electrons. The molecule has 2 aromatic carbocycles. The standard InChI is InChI=1S/C16H16Cl2N2O/c1-10-9-20-16(21-10,12-4-2-3-5-14(12)18)13-8-11(17)6-7-15(13)19/h2-8,10,20H,9,19H2,1H3. The van der Waals surface area contributed by atoms with Crippen LogP contribution in [0.3, 0.4) is 0 Å². The number of ether oxygens (including phenoxy) is 1. The summed E-state index contributed by atoms with van der Waals surface area (Å²) < 4.78 is 6.20. The summed E-state index contributed by atoms with van der Waals surface area (Å²) in [5.74, 6) is 0. The molecule has 0 bridgehead atoms. The predicted molar refractivity (Wildman–Crippen MR) is 86.6 cm³/mol. The van der Waals surface area contributed by atoms with Crippen LogP contribution >= 0.6 is 23.2 Å². The number of benzene rings is 2. The van der Waals surface area contributed by atoms with Crippen molar-refractivity contribution in [3.05, 3.63) is 63.6 Å². The van der Waals surface area contributed by atoms with E-state index in [0.717, 1.165) is 11.1 Å². The molecule has 0 aliphatic carbocycles. The molecular weight excluding hydrogens is 307 g/mol. The molecule has 21 heavy (non-hydrogen) atoms. The maximum absolute atomic E-state index is 6.39. The van der Waals surface area contributed by atoms with E-state index in [9.17, 15) is 0 Å². The lowest BCUT2D eigenvalue weighted by atomic mass is 9.93. The molecule has 5 heteroatoms. The first-order valence-electron chi connectivity index (χ1n) is 6.76. The van der Waals surface area contributed by atoms with Crippen LogP contribution in [0.4, 0.5) is 5.69 Å². The third-order valence-electron chi connectivity index (χ3n) is 3.66. The Bertz CT molecular complexity index is 677. The van der Waals surface area contributed by atoms with Crippen molar-refractivity contribution in [1.29, 1.82) is 0 Å².